The first-order valence-electron chi connectivity index (χ1n) is 6.95. The summed E-state index contributed by atoms with van der Waals surface area (Å²) in [6.45, 7) is 2.05. The van der Waals surface area contributed by atoms with Gasteiger partial charge in [-0.05, 0) is 36.2 Å². The molecule has 0 aliphatic rings. The highest BCUT2D eigenvalue weighted by Gasteiger charge is 2.05. The van der Waals surface area contributed by atoms with E-state index in [1.807, 2.05) is 30.3 Å². The van der Waals surface area contributed by atoms with Crippen LogP contribution in [0.3, 0.4) is 0 Å². The third kappa shape index (κ3) is 5.04. The van der Waals surface area contributed by atoms with Gasteiger partial charge in [0.05, 0.1) is 5.02 Å². The van der Waals surface area contributed by atoms with Crippen LogP contribution in [-0.4, -0.2) is 11.7 Å². The van der Waals surface area contributed by atoms with Gasteiger partial charge in [0.15, 0.2) is 0 Å². The largest absolute Gasteiger partial charge is 0.352 e. The van der Waals surface area contributed by atoms with E-state index in [4.69, 9.17) is 11.6 Å². The van der Waals surface area contributed by atoms with Gasteiger partial charge in [-0.3, -0.25) is 4.79 Å². The number of nitrogens with one attached hydrogen (secondary N) is 1. The molecule has 0 unspecified atom stereocenters. The summed E-state index contributed by atoms with van der Waals surface area (Å²) in [5, 5.41) is 3.49. The molecule has 0 radical (unpaired) electrons. The number of aryl methyl sites for hydroxylation is 1. The van der Waals surface area contributed by atoms with Crippen molar-refractivity contribution in [2.24, 2.45) is 0 Å². The Morgan fingerprint density at radius 2 is 2.05 bits per heavy atom. The van der Waals surface area contributed by atoms with E-state index in [0.717, 1.165) is 10.5 Å². The van der Waals surface area contributed by atoms with E-state index in [1.54, 1.807) is 24.8 Å². The first-order chi connectivity index (χ1) is 10.6. The van der Waals surface area contributed by atoms with Crippen molar-refractivity contribution in [1.29, 1.82) is 0 Å². The second kappa shape index (κ2) is 8.20. The van der Waals surface area contributed by atoms with Crippen LogP contribution in [-0.2, 0) is 11.3 Å². The zero-order valence-electron chi connectivity index (χ0n) is 12.2. The topological polar surface area (TPSA) is 29.1 Å². The molecule has 0 aliphatic heterocycles. The zero-order chi connectivity index (χ0) is 15.9. The van der Waals surface area contributed by atoms with Gasteiger partial charge in [0, 0.05) is 23.6 Å². The highest BCUT2D eigenvalue weighted by atomic mass is 35.5. The molecule has 0 heterocycles. The quantitative estimate of drug-likeness (QED) is 0.781. The number of halogens is 2. The molecule has 0 spiro atoms. The fraction of sp³-hybridized carbons (Fsp3) is 0.235. The molecule has 0 saturated carbocycles. The molecule has 0 aliphatic carbocycles. The third-order valence-corrected chi connectivity index (χ3v) is 4.67. The van der Waals surface area contributed by atoms with Crippen molar-refractivity contribution in [2.75, 3.05) is 5.75 Å². The maximum atomic E-state index is 13.4. The van der Waals surface area contributed by atoms with Crippen molar-refractivity contribution in [3.05, 3.63) is 64.4 Å². The minimum absolute atomic E-state index is 0.0551. The third-order valence-electron chi connectivity index (χ3n) is 3.15. The van der Waals surface area contributed by atoms with Crippen molar-refractivity contribution < 1.29 is 9.18 Å². The van der Waals surface area contributed by atoms with Crippen molar-refractivity contribution in [3.63, 3.8) is 0 Å². The molecule has 5 heteroatoms. The number of thioether (sulfide) groups is 1. The van der Waals surface area contributed by atoms with E-state index < -0.39 is 0 Å². The van der Waals surface area contributed by atoms with E-state index in [1.165, 1.54) is 6.07 Å². The lowest BCUT2D eigenvalue weighted by molar-refractivity contribution is -0.120. The Morgan fingerprint density at radius 1 is 1.27 bits per heavy atom. The van der Waals surface area contributed by atoms with Gasteiger partial charge >= 0.3 is 0 Å². The summed E-state index contributed by atoms with van der Waals surface area (Å²) in [5.74, 6) is 0.347. The molecule has 2 aromatic rings. The Bertz CT molecular complexity index is 663. The normalized spacial score (nSPS) is 10.5. The smallest absolute Gasteiger partial charge is 0.221 e. The van der Waals surface area contributed by atoms with Crippen LogP contribution >= 0.6 is 23.4 Å². The molecule has 0 fully saturated rings. The Hall–Kier alpha value is -1.52. The molecule has 22 heavy (non-hydrogen) atoms. The Morgan fingerprint density at radius 3 is 2.77 bits per heavy atom. The standard InChI is InChI=1S/C17H17ClFNOS/c1-12-6-7-13(10-15(12)19)11-20-17(21)8-9-22-16-5-3-2-4-14(16)18/h2-7,10H,8-9,11H2,1H3,(H,20,21). The van der Waals surface area contributed by atoms with Crippen LogP contribution in [0.25, 0.3) is 0 Å². The molecule has 1 N–H and O–H groups in total. The highest BCUT2D eigenvalue weighted by Crippen LogP contribution is 2.26. The maximum absolute atomic E-state index is 13.4. The van der Waals surface area contributed by atoms with Gasteiger partial charge in [0.25, 0.3) is 0 Å². The number of carbonyl (C=O) groups is 1. The summed E-state index contributed by atoms with van der Waals surface area (Å²) in [7, 11) is 0. The Kier molecular flexibility index (Phi) is 6.28. The predicted molar refractivity (Wildman–Crippen MR) is 89.8 cm³/mol. The summed E-state index contributed by atoms with van der Waals surface area (Å²) < 4.78 is 13.4. The number of hydrogen-bond acceptors (Lipinski definition) is 2. The highest BCUT2D eigenvalue weighted by molar-refractivity contribution is 7.99. The summed E-state index contributed by atoms with van der Waals surface area (Å²) in [6, 6.07) is 12.5. The van der Waals surface area contributed by atoms with Gasteiger partial charge in [-0.15, -0.1) is 11.8 Å². The van der Waals surface area contributed by atoms with E-state index in [0.29, 0.717) is 29.3 Å². The van der Waals surface area contributed by atoms with Crippen LogP contribution in [0, 0.1) is 12.7 Å². The molecule has 0 aromatic heterocycles. The average Bonchev–Trinajstić information content (AvgIpc) is 2.50. The van der Waals surface area contributed by atoms with Gasteiger partial charge in [0.2, 0.25) is 5.91 Å². The van der Waals surface area contributed by atoms with E-state index in [2.05, 4.69) is 5.32 Å². The summed E-state index contributed by atoms with van der Waals surface area (Å²) in [4.78, 5) is 12.8. The summed E-state index contributed by atoms with van der Waals surface area (Å²) in [5.41, 5.74) is 1.36. The monoisotopic (exact) mass is 337 g/mol. The predicted octanol–water partition coefficient (Wildman–Crippen LogP) is 4.59. The zero-order valence-corrected chi connectivity index (χ0v) is 13.8. The van der Waals surface area contributed by atoms with Crippen molar-refractivity contribution in [3.8, 4) is 0 Å². The maximum Gasteiger partial charge on any atom is 0.221 e. The van der Waals surface area contributed by atoms with Crippen molar-refractivity contribution >= 4 is 29.3 Å². The average molecular weight is 338 g/mol. The number of hydrogen-bond donors (Lipinski definition) is 1. The number of carbonyl (C=O) groups excluding carboxylic acids is 1. The minimum Gasteiger partial charge on any atom is -0.352 e. The van der Waals surface area contributed by atoms with Crippen LogP contribution in [0.15, 0.2) is 47.4 Å². The lowest BCUT2D eigenvalue weighted by Crippen LogP contribution is -2.23. The summed E-state index contributed by atoms with van der Waals surface area (Å²) >= 11 is 7.60. The summed E-state index contributed by atoms with van der Waals surface area (Å²) in [6.07, 6.45) is 0.393. The van der Waals surface area contributed by atoms with Gasteiger partial charge in [-0.2, -0.15) is 0 Å². The minimum atomic E-state index is -0.249. The van der Waals surface area contributed by atoms with E-state index >= 15 is 0 Å². The van der Waals surface area contributed by atoms with E-state index in [9.17, 15) is 9.18 Å². The molecule has 2 aromatic carbocycles. The number of rotatable bonds is 6. The van der Waals surface area contributed by atoms with Crippen LogP contribution in [0.5, 0.6) is 0 Å². The number of amides is 1. The molecular weight excluding hydrogens is 321 g/mol. The molecule has 2 rings (SSSR count). The fourth-order valence-electron chi connectivity index (χ4n) is 1.85. The van der Waals surface area contributed by atoms with Crippen LogP contribution in [0.1, 0.15) is 17.5 Å². The van der Waals surface area contributed by atoms with Gasteiger partial charge in [0.1, 0.15) is 5.82 Å². The second-order valence-corrected chi connectivity index (χ2v) is 6.43. The Labute approximate surface area is 139 Å². The molecule has 116 valence electrons. The van der Waals surface area contributed by atoms with Crippen LogP contribution < -0.4 is 5.32 Å². The van der Waals surface area contributed by atoms with Crippen LogP contribution in [0.4, 0.5) is 4.39 Å². The first kappa shape index (κ1) is 16.8. The van der Waals surface area contributed by atoms with Crippen LogP contribution in [0.2, 0.25) is 5.02 Å². The van der Waals surface area contributed by atoms with Gasteiger partial charge in [-0.25, -0.2) is 4.39 Å². The molecule has 0 atom stereocenters. The molecular formula is C17H17ClFNOS. The lowest BCUT2D eigenvalue weighted by Gasteiger charge is -2.07. The van der Waals surface area contributed by atoms with Crippen molar-refractivity contribution in [1.82, 2.24) is 5.32 Å². The van der Waals surface area contributed by atoms with Crippen molar-refractivity contribution in [2.45, 2.75) is 24.8 Å². The first-order valence-corrected chi connectivity index (χ1v) is 8.31. The fourth-order valence-corrected chi connectivity index (χ4v) is 3.04. The SMILES string of the molecule is Cc1ccc(CNC(=O)CCSc2ccccc2Cl)cc1F. The second-order valence-electron chi connectivity index (χ2n) is 4.89. The van der Waals surface area contributed by atoms with Gasteiger partial charge in [-0.1, -0.05) is 35.9 Å². The Balaban J connectivity index is 1.74. The molecule has 0 bridgehead atoms. The van der Waals surface area contributed by atoms with E-state index in [-0.39, 0.29) is 11.7 Å². The molecule has 1 amide bonds. The lowest BCUT2D eigenvalue weighted by atomic mass is 10.1. The molecule has 0 saturated heterocycles. The molecule has 2 nitrogen and oxygen atoms in total. The number of benzene rings is 2. The van der Waals surface area contributed by atoms with Gasteiger partial charge < -0.3 is 5.32 Å².